The summed E-state index contributed by atoms with van der Waals surface area (Å²) >= 11 is 6.35. The van der Waals surface area contributed by atoms with Gasteiger partial charge in [-0.2, -0.15) is 4.31 Å². The minimum absolute atomic E-state index is 0.105. The van der Waals surface area contributed by atoms with Crippen molar-refractivity contribution < 1.29 is 18.0 Å². The standard InChI is InChI=1S/C22H27ClN6O4S/c1-7-20(30)28-11-18(29(34(6,32)33)22(3,4)12-28)14-8-15(27-19(23)9-14)16-10-17(21(31)24-5)26-13(2)25-16/h7-10,18H,1,11-12H2,2-6H3,(H,24,31)/t18-/m0/s1. The summed E-state index contributed by atoms with van der Waals surface area (Å²) in [5.41, 5.74) is 0.495. The zero-order valence-electron chi connectivity index (χ0n) is 19.7. The minimum Gasteiger partial charge on any atom is -0.354 e. The Morgan fingerprint density at radius 2 is 1.85 bits per heavy atom. The Bertz CT molecular complexity index is 1260. The summed E-state index contributed by atoms with van der Waals surface area (Å²) in [5, 5.41) is 2.63. The lowest BCUT2D eigenvalue weighted by atomic mass is 9.94. The molecule has 3 rings (SSSR count). The minimum atomic E-state index is -3.68. The molecule has 182 valence electrons. The van der Waals surface area contributed by atoms with Crippen molar-refractivity contribution in [2.75, 3.05) is 26.4 Å². The van der Waals surface area contributed by atoms with Crippen LogP contribution in [0.25, 0.3) is 11.4 Å². The molecule has 2 aromatic rings. The van der Waals surface area contributed by atoms with Crippen LogP contribution in [0.3, 0.4) is 0 Å². The number of aromatic nitrogens is 3. The fourth-order valence-corrected chi connectivity index (χ4v) is 6.13. The molecule has 2 aromatic heterocycles. The van der Waals surface area contributed by atoms with Crippen LogP contribution in [0.15, 0.2) is 30.9 Å². The first kappa shape index (κ1) is 25.7. The Hall–Kier alpha value is -2.89. The Kier molecular flexibility index (Phi) is 7.11. The molecule has 0 aromatic carbocycles. The number of hydrogen-bond acceptors (Lipinski definition) is 7. The quantitative estimate of drug-likeness (QED) is 0.485. The van der Waals surface area contributed by atoms with Crippen molar-refractivity contribution in [3.63, 3.8) is 0 Å². The van der Waals surface area contributed by atoms with E-state index in [0.717, 1.165) is 6.26 Å². The Balaban J connectivity index is 2.18. The summed E-state index contributed by atoms with van der Waals surface area (Å²) in [5.74, 6) is -0.322. The number of halogens is 1. The van der Waals surface area contributed by atoms with Crippen LogP contribution in [0.5, 0.6) is 0 Å². The van der Waals surface area contributed by atoms with E-state index >= 15 is 0 Å². The van der Waals surface area contributed by atoms with Crippen LogP contribution in [0.4, 0.5) is 0 Å². The van der Waals surface area contributed by atoms with Crippen LogP contribution in [-0.4, -0.2) is 76.3 Å². The van der Waals surface area contributed by atoms with Crippen molar-refractivity contribution in [1.29, 1.82) is 0 Å². The number of rotatable bonds is 5. The number of sulfonamides is 1. The Morgan fingerprint density at radius 1 is 1.21 bits per heavy atom. The molecule has 1 atom stereocenters. The van der Waals surface area contributed by atoms with Gasteiger partial charge in [0.1, 0.15) is 16.7 Å². The molecular formula is C22H27ClN6O4S. The number of piperazine rings is 1. The number of nitrogens with zero attached hydrogens (tertiary/aromatic N) is 5. The zero-order valence-corrected chi connectivity index (χ0v) is 21.2. The van der Waals surface area contributed by atoms with Crippen LogP contribution < -0.4 is 5.32 Å². The molecular weight excluding hydrogens is 480 g/mol. The predicted octanol–water partition coefficient (Wildman–Crippen LogP) is 1.97. The Labute approximate surface area is 204 Å². The second-order valence-corrected chi connectivity index (χ2v) is 10.9. The van der Waals surface area contributed by atoms with E-state index in [9.17, 15) is 18.0 Å². The molecule has 1 aliphatic rings. The maximum Gasteiger partial charge on any atom is 0.269 e. The summed E-state index contributed by atoms with van der Waals surface area (Å²) in [6.07, 6.45) is 2.35. The molecule has 3 heterocycles. The van der Waals surface area contributed by atoms with Crippen LogP contribution in [0.2, 0.25) is 5.15 Å². The number of nitrogens with one attached hydrogen (secondary N) is 1. The van der Waals surface area contributed by atoms with Gasteiger partial charge >= 0.3 is 0 Å². The van der Waals surface area contributed by atoms with E-state index in [4.69, 9.17) is 11.6 Å². The van der Waals surface area contributed by atoms with E-state index in [1.54, 1.807) is 37.8 Å². The lowest BCUT2D eigenvalue weighted by Gasteiger charge is -2.50. The van der Waals surface area contributed by atoms with Crippen LogP contribution in [0.1, 0.15) is 41.8 Å². The third-order valence-corrected chi connectivity index (χ3v) is 7.11. The molecule has 2 amide bonds. The highest BCUT2D eigenvalue weighted by Crippen LogP contribution is 2.38. The smallest absolute Gasteiger partial charge is 0.269 e. The van der Waals surface area contributed by atoms with Crippen LogP contribution in [0, 0.1) is 6.92 Å². The molecule has 0 unspecified atom stereocenters. The number of carbonyl (C=O) groups is 2. The van der Waals surface area contributed by atoms with Crippen LogP contribution in [-0.2, 0) is 14.8 Å². The largest absolute Gasteiger partial charge is 0.354 e. The third kappa shape index (κ3) is 5.26. The maximum absolute atomic E-state index is 12.9. The van der Waals surface area contributed by atoms with Crippen molar-refractivity contribution >= 4 is 33.4 Å². The highest BCUT2D eigenvalue weighted by Gasteiger charge is 2.46. The molecule has 34 heavy (non-hydrogen) atoms. The lowest BCUT2D eigenvalue weighted by Crippen LogP contribution is -2.62. The number of amides is 2. The van der Waals surface area contributed by atoms with Gasteiger partial charge in [0.25, 0.3) is 5.91 Å². The summed E-state index contributed by atoms with van der Waals surface area (Å²) in [6.45, 7) is 9.03. The normalized spacial score (nSPS) is 18.4. The molecule has 1 fully saturated rings. The second kappa shape index (κ2) is 9.40. The lowest BCUT2D eigenvalue weighted by molar-refractivity contribution is -0.131. The first-order valence-corrected chi connectivity index (χ1v) is 12.7. The summed E-state index contributed by atoms with van der Waals surface area (Å²) < 4.78 is 27.1. The van der Waals surface area contributed by atoms with Gasteiger partial charge in [-0.15, -0.1) is 0 Å². The second-order valence-electron chi connectivity index (χ2n) is 8.68. The fraction of sp³-hybridized carbons (Fsp3) is 0.409. The Morgan fingerprint density at radius 3 is 2.44 bits per heavy atom. The van der Waals surface area contributed by atoms with E-state index in [-0.39, 0.29) is 35.8 Å². The highest BCUT2D eigenvalue weighted by molar-refractivity contribution is 7.88. The number of carbonyl (C=O) groups excluding carboxylic acids is 2. The monoisotopic (exact) mass is 506 g/mol. The van der Waals surface area contributed by atoms with Gasteiger partial charge < -0.3 is 10.2 Å². The summed E-state index contributed by atoms with van der Waals surface area (Å²) in [7, 11) is -2.18. The third-order valence-electron chi connectivity index (χ3n) is 5.46. The molecule has 1 saturated heterocycles. The van der Waals surface area contributed by atoms with Crippen molar-refractivity contribution in [1.82, 2.24) is 29.5 Å². The van der Waals surface area contributed by atoms with E-state index < -0.39 is 21.6 Å². The van der Waals surface area contributed by atoms with E-state index in [2.05, 4.69) is 26.8 Å². The molecule has 1 aliphatic heterocycles. The molecule has 0 bridgehead atoms. The topological polar surface area (TPSA) is 125 Å². The number of aryl methyl sites for hydroxylation is 1. The summed E-state index contributed by atoms with van der Waals surface area (Å²) in [6, 6.07) is 3.99. The van der Waals surface area contributed by atoms with E-state index in [0.29, 0.717) is 22.8 Å². The predicted molar refractivity (Wildman–Crippen MR) is 129 cm³/mol. The van der Waals surface area contributed by atoms with Crippen molar-refractivity contribution in [3.8, 4) is 11.4 Å². The molecule has 0 saturated carbocycles. The highest BCUT2D eigenvalue weighted by atomic mass is 35.5. The average molecular weight is 507 g/mol. The molecule has 0 spiro atoms. The molecule has 0 radical (unpaired) electrons. The maximum atomic E-state index is 12.9. The average Bonchev–Trinajstić information content (AvgIpc) is 2.74. The molecule has 0 aliphatic carbocycles. The number of hydrogen-bond donors (Lipinski definition) is 1. The van der Waals surface area contributed by atoms with E-state index in [1.807, 2.05) is 0 Å². The van der Waals surface area contributed by atoms with Gasteiger partial charge in [-0.25, -0.2) is 23.4 Å². The van der Waals surface area contributed by atoms with Gasteiger partial charge in [-0.3, -0.25) is 9.59 Å². The van der Waals surface area contributed by atoms with Gasteiger partial charge in [0.2, 0.25) is 15.9 Å². The SMILES string of the molecule is C=CC(=O)N1C[C@@H](c2cc(Cl)nc(-c3cc(C(=O)NC)nc(C)n3)c2)N(S(C)(=O)=O)C(C)(C)C1. The van der Waals surface area contributed by atoms with Crippen molar-refractivity contribution in [2.24, 2.45) is 0 Å². The van der Waals surface area contributed by atoms with Crippen LogP contribution >= 0.6 is 11.6 Å². The molecule has 10 nitrogen and oxygen atoms in total. The number of pyridine rings is 1. The molecule has 1 N–H and O–H groups in total. The summed E-state index contributed by atoms with van der Waals surface area (Å²) in [4.78, 5) is 39.0. The fourth-order valence-electron chi connectivity index (χ4n) is 4.31. The van der Waals surface area contributed by atoms with Crippen molar-refractivity contribution in [3.05, 3.63) is 53.1 Å². The first-order chi connectivity index (χ1) is 15.8. The van der Waals surface area contributed by atoms with Gasteiger partial charge in [-0.05, 0) is 50.6 Å². The molecule has 12 heteroatoms. The van der Waals surface area contributed by atoms with Gasteiger partial charge in [-0.1, -0.05) is 18.2 Å². The zero-order chi connectivity index (χ0) is 25.4. The van der Waals surface area contributed by atoms with Crippen molar-refractivity contribution in [2.45, 2.75) is 32.4 Å². The van der Waals surface area contributed by atoms with E-state index in [1.165, 1.54) is 23.5 Å². The van der Waals surface area contributed by atoms with Gasteiger partial charge in [0, 0.05) is 25.7 Å². The first-order valence-electron chi connectivity index (χ1n) is 10.4. The van der Waals surface area contributed by atoms with Gasteiger partial charge in [0.05, 0.1) is 23.7 Å². The van der Waals surface area contributed by atoms with Gasteiger partial charge in [0.15, 0.2) is 0 Å².